The van der Waals surface area contributed by atoms with Crippen molar-refractivity contribution in [2.24, 2.45) is 12.5 Å². The van der Waals surface area contributed by atoms with Crippen LogP contribution in [0.25, 0.3) is 0 Å². The maximum absolute atomic E-state index is 11.7. The molecule has 0 aliphatic heterocycles. The molecule has 0 aromatic carbocycles. The number of carbonyl (C=O) groups excluding carboxylic acids is 1. The maximum atomic E-state index is 11.7. The van der Waals surface area contributed by atoms with E-state index in [2.05, 4.69) is 5.10 Å². The summed E-state index contributed by atoms with van der Waals surface area (Å²) < 4.78 is 6.46. The van der Waals surface area contributed by atoms with E-state index < -0.39 is 17.4 Å². The molecule has 0 saturated carbocycles. The fraction of sp³-hybridized carbons (Fsp3) is 0.583. The lowest BCUT2D eigenvalue weighted by atomic mass is 9.84. The predicted molar refractivity (Wildman–Crippen MR) is 63.9 cm³/mol. The first kappa shape index (κ1) is 14.2. The molecule has 0 bridgehead atoms. The Labute approximate surface area is 106 Å². The highest BCUT2D eigenvalue weighted by atomic mass is 16.5. The highest BCUT2D eigenvalue weighted by Crippen LogP contribution is 2.26. The molecule has 0 amide bonds. The molecule has 0 radical (unpaired) electrons. The predicted octanol–water partition coefficient (Wildman–Crippen LogP) is 1.01. The zero-order valence-corrected chi connectivity index (χ0v) is 10.8. The minimum atomic E-state index is -1.51. The summed E-state index contributed by atoms with van der Waals surface area (Å²) in [6.45, 7) is 3.22. The van der Waals surface area contributed by atoms with E-state index in [0.29, 0.717) is 6.42 Å². The summed E-state index contributed by atoms with van der Waals surface area (Å²) in [4.78, 5) is 23.0. The van der Waals surface area contributed by atoms with Gasteiger partial charge in [0.15, 0.2) is 5.41 Å². The molecule has 1 unspecified atom stereocenters. The van der Waals surface area contributed by atoms with Gasteiger partial charge in [-0.3, -0.25) is 14.3 Å². The number of aromatic nitrogens is 2. The van der Waals surface area contributed by atoms with Gasteiger partial charge in [0.2, 0.25) is 0 Å². The fourth-order valence-electron chi connectivity index (χ4n) is 1.58. The number of aryl methyl sites for hydroxylation is 2. The van der Waals surface area contributed by atoms with E-state index in [-0.39, 0.29) is 13.0 Å². The Hall–Kier alpha value is -1.85. The first-order valence-corrected chi connectivity index (χ1v) is 5.78. The molecular weight excluding hydrogens is 236 g/mol. The van der Waals surface area contributed by atoms with E-state index in [1.165, 1.54) is 6.92 Å². The van der Waals surface area contributed by atoms with Crippen LogP contribution in [0.15, 0.2) is 12.4 Å². The lowest BCUT2D eigenvalue weighted by Gasteiger charge is -2.21. The average molecular weight is 254 g/mol. The molecule has 1 heterocycles. The Kier molecular flexibility index (Phi) is 4.47. The van der Waals surface area contributed by atoms with Gasteiger partial charge in [-0.15, -0.1) is 0 Å². The molecule has 1 rings (SSSR count). The summed E-state index contributed by atoms with van der Waals surface area (Å²) >= 11 is 0. The Bertz CT molecular complexity index is 441. The second kappa shape index (κ2) is 5.66. The van der Waals surface area contributed by atoms with E-state index in [1.54, 1.807) is 31.0 Å². The zero-order chi connectivity index (χ0) is 13.8. The van der Waals surface area contributed by atoms with Gasteiger partial charge in [-0.2, -0.15) is 5.10 Å². The molecule has 1 aromatic heterocycles. The minimum Gasteiger partial charge on any atom is -0.480 e. The van der Waals surface area contributed by atoms with Crippen LogP contribution < -0.4 is 0 Å². The van der Waals surface area contributed by atoms with Crippen LogP contribution in [0.4, 0.5) is 0 Å². The van der Waals surface area contributed by atoms with Gasteiger partial charge in [0.25, 0.3) is 0 Å². The van der Waals surface area contributed by atoms with Gasteiger partial charge in [0.05, 0.1) is 12.8 Å². The average Bonchev–Trinajstić information content (AvgIpc) is 2.72. The second-order valence-corrected chi connectivity index (χ2v) is 4.38. The molecule has 6 heteroatoms. The summed E-state index contributed by atoms with van der Waals surface area (Å²) in [5.74, 6) is -1.86. The van der Waals surface area contributed by atoms with Crippen molar-refractivity contribution in [3.05, 3.63) is 18.0 Å². The minimum absolute atomic E-state index is 0.175. The third kappa shape index (κ3) is 3.09. The molecule has 0 aliphatic rings. The first-order valence-electron chi connectivity index (χ1n) is 5.78. The van der Waals surface area contributed by atoms with E-state index in [4.69, 9.17) is 4.74 Å². The van der Waals surface area contributed by atoms with E-state index in [1.807, 2.05) is 0 Å². The largest absolute Gasteiger partial charge is 0.480 e. The van der Waals surface area contributed by atoms with Crippen LogP contribution in [0.1, 0.15) is 25.8 Å². The number of hydrogen-bond acceptors (Lipinski definition) is 4. The van der Waals surface area contributed by atoms with Crippen molar-refractivity contribution in [3.8, 4) is 0 Å². The lowest BCUT2D eigenvalue weighted by molar-refractivity contribution is -0.167. The van der Waals surface area contributed by atoms with Crippen LogP contribution >= 0.6 is 0 Å². The van der Waals surface area contributed by atoms with Gasteiger partial charge in [0, 0.05) is 13.2 Å². The highest BCUT2D eigenvalue weighted by molar-refractivity contribution is 5.98. The number of carbonyl (C=O) groups is 2. The van der Waals surface area contributed by atoms with Crippen molar-refractivity contribution >= 4 is 11.9 Å². The monoisotopic (exact) mass is 254 g/mol. The molecule has 100 valence electrons. The number of carboxylic acids is 1. The summed E-state index contributed by atoms with van der Waals surface area (Å²) in [7, 11) is 1.78. The smallest absolute Gasteiger partial charge is 0.323 e. The molecule has 18 heavy (non-hydrogen) atoms. The third-order valence-corrected chi connectivity index (χ3v) is 2.87. The number of ether oxygens (including phenoxy) is 1. The van der Waals surface area contributed by atoms with Crippen LogP contribution in [0.2, 0.25) is 0 Å². The fourth-order valence-corrected chi connectivity index (χ4v) is 1.58. The van der Waals surface area contributed by atoms with Gasteiger partial charge in [-0.25, -0.2) is 0 Å². The Morgan fingerprint density at radius 1 is 1.56 bits per heavy atom. The van der Waals surface area contributed by atoms with E-state index in [0.717, 1.165) is 5.56 Å². The first-order chi connectivity index (χ1) is 8.40. The van der Waals surface area contributed by atoms with Gasteiger partial charge in [-0.05, 0) is 32.3 Å². The molecular formula is C12H18N2O4. The normalized spacial score (nSPS) is 13.9. The van der Waals surface area contributed by atoms with Crippen LogP contribution in [0, 0.1) is 5.41 Å². The zero-order valence-electron chi connectivity index (χ0n) is 10.8. The highest BCUT2D eigenvalue weighted by Gasteiger charge is 2.42. The quantitative estimate of drug-likeness (QED) is 0.605. The molecule has 0 saturated heterocycles. The third-order valence-electron chi connectivity index (χ3n) is 2.87. The molecule has 1 aromatic rings. The van der Waals surface area contributed by atoms with Crippen molar-refractivity contribution in [1.29, 1.82) is 0 Å². The summed E-state index contributed by atoms with van der Waals surface area (Å²) in [5, 5.41) is 13.2. The summed E-state index contributed by atoms with van der Waals surface area (Å²) in [5.41, 5.74) is -0.611. The van der Waals surface area contributed by atoms with Gasteiger partial charge in [0.1, 0.15) is 0 Å². The topological polar surface area (TPSA) is 81.4 Å². The Morgan fingerprint density at radius 2 is 2.22 bits per heavy atom. The number of carboxylic acid groups (broad SMARTS) is 1. The van der Waals surface area contributed by atoms with Crippen molar-refractivity contribution in [2.75, 3.05) is 6.61 Å². The number of aliphatic carboxylic acids is 1. The van der Waals surface area contributed by atoms with Crippen LogP contribution in [-0.2, 0) is 27.8 Å². The van der Waals surface area contributed by atoms with Crippen LogP contribution in [0.3, 0.4) is 0 Å². The number of rotatable bonds is 6. The molecule has 0 spiro atoms. The van der Waals surface area contributed by atoms with Crippen LogP contribution in [-0.4, -0.2) is 33.4 Å². The lowest BCUT2D eigenvalue weighted by Crippen LogP contribution is -2.38. The van der Waals surface area contributed by atoms with Crippen molar-refractivity contribution in [2.45, 2.75) is 26.7 Å². The standard InChI is InChI=1S/C12H18N2O4/c1-4-18-11(17)12(2,10(15)16)6-5-9-7-13-14(3)8-9/h7-8H,4-6H2,1-3H3,(H,15,16). The molecule has 0 aliphatic carbocycles. The van der Waals surface area contributed by atoms with E-state index in [9.17, 15) is 14.7 Å². The van der Waals surface area contributed by atoms with Crippen molar-refractivity contribution in [3.63, 3.8) is 0 Å². The molecule has 1 atom stereocenters. The van der Waals surface area contributed by atoms with Crippen LogP contribution in [0.5, 0.6) is 0 Å². The number of esters is 1. The number of nitrogens with zero attached hydrogens (tertiary/aromatic N) is 2. The second-order valence-electron chi connectivity index (χ2n) is 4.38. The van der Waals surface area contributed by atoms with Gasteiger partial charge in [-0.1, -0.05) is 0 Å². The summed E-state index contributed by atoms with van der Waals surface area (Å²) in [6.07, 6.45) is 4.11. The van der Waals surface area contributed by atoms with Gasteiger partial charge >= 0.3 is 11.9 Å². The molecule has 6 nitrogen and oxygen atoms in total. The van der Waals surface area contributed by atoms with Crippen molar-refractivity contribution < 1.29 is 19.4 Å². The maximum Gasteiger partial charge on any atom is 0.323 e. The van der Waals surface area contributed by atoms with E-state index >= 15 is 0 Å². The molecule has 0 fully saturated rings. The van der Waals surface area contributed by atoms with Crippen molar-refractivity contribution in [1.82, 2.24) is 9.78 Å². The Morgan fingerprint density at radius 3 is 2.67 bits per heavy atom. The SMILES string of the molecule is CCOC(=O)C(C)(CCc1cnn(C)c1)C(=O)O. The molecule has 1 N–H and O–H groups in total. The van der Waals surface area contributed by atoms with Gasteiger partial charge < -0.3 is 9.84 Å². The Balaban J connectivity index is 2.74. The number of hydrogen-bond donors (Lipinski definition) is 1. The summed E-state index contributed by atoms with van der Waals surface area (Å²) in [6, 6.07) is 0.